The molecule has 2 nitrogen and oxygen atoms in total. The smallest absolute Gasteiger partial charge is 0.244 e. The molecule has 0 atom stereocenters. The van der Waals surface area contributed by atoms with Crippen molar-refractivity contribution in [3.63, 3.8) is 0 Å². The number of rotatable bonds is 5. The van der Waals surface area contributed by atoms with Crippen molar-refractivity contribution in [1.82, 2.24) is 5.32 Å². The Balaban J connectivity index is 1.86. The molecule has 0 aliphatic rings. The van der Waals surface area contributed by atoms with E-state index in [1.165, 1.54) is 11.6 Å². The van der Waals surface area contributed by atoms with Crippen LogP contribution in [0, 0.1) is 0 Å². The summed E-state index contributed by atoms with van der Waals surface area (Å²) in [6.07, 6.45) is 3.87. The van der Waals surface area contributed by atoms with Crippen molar-refractivity contribution < 1.29 is 4.79 Å². The van der Waals surface area contributed by atoms with E-state index in [0.717, 1.165) is 6.42 Å². The third-order valence-electron chi connectivity index (χ3n) is 2.96. The van der Waals surface area contributed by atoms with Gasteiger partial charge < -0.3 is 5.32 Å². The van der Waals surface area contributed by atoms with Gasteiger partial charge in [-0.1, -0.05) is 59.6 Å². The SMILES string of the molecule is O=C(/C=C/c1c(Cl)cccc1Cl)NCCc1ccccc1. The molecule has 0 saturated heterocycles. The molecule has 0 bridgehead atoms. The van der Waals surface area contributed by atoms with E-state index in [2.05, 4.69) is 5.32 Å². The molecule has 21 heavy (non-hydrogen) atoms. The van der Waals surface area contributed by atoms with Gasteiger partial charge >= 0.3 is 0 Å². The summed E-state index contributed by atoms with van der Waals surface area (Å²) in [7, 11) is 0. The molecule has 0 fully saturated rings. The Bertz CT molecular complexity index is 618. The lowest BCUT2D eigenvalue weighted by Gasteiger charge is -2.03. The van der Waals surface area contributed by atoms with E-state index in [9.17, 15) is 4.79 Å². The lowest BCUT2D eigenvalue weighted by molar-refractivity contribution is -0.116. The Kier molecular flexibility index (Phi) is 5.85. The van der Waals surface area contributed by atoms with Crippen LogP contribution < -0.4 is 5.32 Å². The standard InChI is InChI=1S/C17H15Cl2NO/c18-15-7-4-8-16(19)14(15)9-10-17(21)20-12-11-13-5-2-1-3-6-13/h1-10H,11-12H2,(H,20,21)/b10-9+. The number of hydrogen-bond donors (Lipinski definition) is 1. The highest BCUT2D eigenvalue weighted by Gasteiger charge is 2.02. The van der Waals surface area contributed by atoms with Crippen LogP contribution in [0.1, 0.15) is 11.1 Å². The predicted molar refractivity (Wildman–Crippen MR) is 88.7 cm³/mol. The van der Waals surface area contributed by atoms with Crippen LogP contribution in [-0.4, -0.2) is 12.5 Å². The highest BCUT2D eigenvalue weighted by atomic mass is 35.5. The van der Waals surface area contributed by atoms with Crippen LogP contribution >= 0.6 is 23.2 Å². The van der Waals surface area contributed by atoms with E-state index in [1.807, 2.05) is 30.3 Å². The van der Waals surface area contributed by atoms with Gasteiger partial charge in [-0.15, -0.1) is 0 Å². The average Bonchev–Trinajstić information content (AvgIpc) is 2.48. The van der Waals surface area contributed by atoms with Gasteiger partial charge in [-0.2, -0.15) is 0 Å². The molecule has 0 aliphatic heterocycles. The molecule has 0 spiro atoms. The van der Waals surface area contributed by atoms with E-state index in [4.69, 9.17) is 23.2 Å². The Morgan fingerprint density at radius 1 is 1.00 bits per heavy atom. The van der Waals surface area contributed by atoms with Crippen molar-refractivity contribution in [2.24, 2.45) is 0 Å². The fourth-order valence-corrected chi connectivity index (χ4v) is 2.39. The van der Waals surface area contributed by atoms with E-state index in [-0.39, 0.29) is 5.91 Å². The normalized spacial score (nSPS) is 10.8. The molecule has 1 N–H and O–H groups in total. The summed E-state index contributed by atoms with van der Waals surface area (Å²) in [5.74, 6) is -0.165. The number of carbonyl (C=O) groups excluding carboxylic acids is 1. The second kappa shape index (κ2) is 7.87. The van der Waals surface area contributed by atoms with Gasteiger partial charge in [0.15, 0.2) is 0 Å². The van der Waals surface area contributed by atoms with Gasteiger partial charge in [-0.3, -0.25) is 4.79 Å². The van der Waals surface area contributed by atoms with E-state index < -0.39 is 0 Å². The van der Waals surface area contributed by atoms with Crippen molar-refractivity contribution in [1.29, 1.82) is 0 Å². The van der Waals surface area contributed by atoms with Crippen molar-refractivity contribution >= 4 is 35.2 Å². The van der Waals surface area contributed by atoms with Crippen molar-refractivity contribution in [2.75, 3.05) is 6.54 Å². The Labute approximate surface area is 134 Å². The Morgan fingerprint density at radius 2 is 1.67 bits per heavy atom. The molecule has 0 aliphatic carbocycles. The van der Waals surface area contributed by atoms with E-state index in [0.29, 0.717) is 22.2 Å². The number of hydrogen-bond acceptors (Lipinski definition) is 1. The third-order valence-corrected chi connectivity index (χ3v) is 3.62. The summed E-state index contributed by atoms with van der Waals surface area (Å²) in [4.78, 5) is 11.7. The van der Waals surface area contributed by atoms with Crippen molar-refractivity contribution in [2.45, 2.75) is 6.42 Å². The maximum atomic E-state index is 11.7. The van der Waals surface area contributed by atoms with Crippen molar-refractivity contribution in [3.05, 3.63) is 75.8 Å². The zero-order chi connectivity index (χ0) is 15.1. The van der Waals surface area contributed by atoms with Gasteiger partial charge in [-0.25, -0.2) is 0 Å². The first kappa shape index (κ1) is 15.6. The van der Waals surface area contributed by atoms with Crippen LogP contribution in [0.25, 0.3) is 6.08 Å². The van der Waals surface area contributed by atoms with Gasteiger partial charge in [0.25, 0.3) is 0 Å². The van der Waals surface area contributed by atoms with Crippen LogP contribution in [-0.2, 0) is 11.2 Å². The van der Waals surface area contributed by atoms with Crippen LogP contribution in [0.4, 0.5) is 0 Å². The van der Waals surface area contributed by atoms with Crippen molar-refractivity contribution in [3.8, 4) is 0 Å². The van der Waals surface area contributed by atoms with Crippen LogP contribution in [0.5, 0.6) is 0 Å². The lowest BCUT2D eigenvalue weighted by atomic mass is 10.1. The van der Waals surface area contributed by atoms with E-state index >= 15 is 0 Å². The second-order valence-corrected chi connectivity index (χ2v) is 5.31. The molecular formula is C17H15Cl2NO. The fraction of sp³-hybridized carbons (Fsp3) is 0.118. The summed E-state index contributed by atoms with van der Waals surface area (Å²) in [5.41, 5.74) is 1.84. The molecular weight excluding hydrogens is 305 g/mol. The monoisotopic (exact) mass is 319 g/mol. The number of carbonyl (C=O) groups is 1. The second-order valence-electron chi connectivity index (χ2n) is 4.50. The molecule has 2 aromatic carbocycles. The quantitative estimate of drug-likeness (QED) is 0.815. The lowest BCUT2D eigenvalue weighted by Crippen LogP contribution is -2.23. The summed E-state index contributed by atoms with van der Waals surface area (Å²) in [6, 6.07) is 15.2. The molecule has 2 rings (SSSR count). The van der Waals surface area contributed by atoms with Gasteiger partial charge in [0.1, 0.15) is 0 Å². The maximum Gasteiger partial charge on any atom is 0.244 e. The maximum absolute atomic E-state index is 11.7. The van der Waals surface area contributed by atoms with Gasteiger partial charge in [-0.05, 0) is 30.2 Å². The van der Waals surface area contributed by atoms with E-state index in [1.54, 1.807) is 24.3 Å². The Hall–Kier alpha value is -1.77. The molecule has 0 unspecified atom stereocenters. The molecule has 0 aromatic heterocycles. The predicted octanol–water partition coefficient (Wildman–Crippen LogP) is 4.37. The molecule has 108 valence electrons. The van der Waals surface area contributed by atoms with Gasteiger partial charge in [0.2, 0.25) is 5.91 Å². The highest BCUT2D eigenvalue weighted by molar-refractivity contribution is 6.37. The number of halogens is 2. The molecule has 0 heterocycles. The minimum atomic E-state index is -0.165. The first-order chi connectivity index (χ1) is 10.2. The summed E-state index contributed by atoms with van der Waals surface area (Å²) in [5, 5.41) is 3.88. The molecule has 4 heteroatoms. The summed E-state index contributed by atoms with van der Waals surface area (Å²) in [6.45, 7) is 0.587. The number of benzene rings is 2. The summed E-state index contributed by atoms with van der Waals surface area (Å²) < 4.78 is 0. The Morgan fingerprint density at radius 3 is 2.33 bits per heavy atom. The summed E-state index contributed by atoms with van der Waals surface area (Å²) >= 11 is 12.1. The van der Waals surface area contributed by atoms with Crippen LogP contribution in [0.15, 0.2) is 54.6 Å². The first-order valence-electron chi connectivity index (χ1n) is 6.60. The van der Waals surface area contributed by atoms with Gasteiger partial charge in [0, 0.05) is 28.2 Å². The first-order valence-corrected chi connectivity index (χ1v) is 7.36. The molecule has 2 aromatic rings. The van der Waals surface area contributed by atoms with Crippen LogP contribution in [0.2, 0.25) is 10.0 Å². The third kappa shape index (κ3) is 4.92. The van der Waals surface area contributed by atoms with Crippen LogP contribution in [0.3, 0.4) is 0 Å². The highest BCUT2D eigenvalue weighted by Crippen LogP contribution is 2.25. The van der Waals surface area contributed by atoms with Gasteiger partial charge in [0.05, 0.1) is 0 Å². The number of amides is 1. The minimum Gasteiger partial charge on any atom is -0.352 e. The molecule has 0 radical (unpaired) electrons. The largest absolute Gasteiger partial charge is 0.352 e. The average molecular weight is 320 g/mol. The fourth-order valence-electron chi connectivity index (χ4n) is 1.86. The minimum absolute atomic E-state index is 0.165. The zero-order valence-electron chi connectivity index (χ0n) is 11.4. The molecule has 0 saturated carbocycles. The number of nitrogens with one attached hydrogen (secondary N) is 1. The molecule has 1 amide bonds. The zero-order valence-corrected chi connectivity index (χ0v) is 12.9. The topological polar surface area (TPSA) is 29.1 Å².